The van der Waals surface area contributed by atoms with Gasteiger partial charge in [0.1, 0.15) is 10.9 Å². The molecule has 0 saturated carbocycles. The van der Waals surface area contributed by atoms with Gasteiger partial charge in [-0.15, -0.1) is 23.1 Å². The lowest BCUT2D eigenvalue weighted by Gasteiger charge is -2.17. The Bertz CT molecular complexity index is 2050. The molecule has 1 unspecified atom stereocenters. The number of hydrogen-bond acceptors (Lipinski definition) is 6. The summed E-state index contributed by atoms with van der Waals surface area (Å²) >= 11 is 2.79. The third kappa shape index (κ3) is 8.02. The van der Waals surface area contributed by atoms with Crippen LogP contribution in [-0.2, 0) is 9.59 Å². The maximum atomic E-state index is 13.7. The lowest BCUT2D eigenvalue weighted by molar-refractivity contribution is -0.116. The molecule has 1 atom stereocenters. The second-order valence-corrected chi connectivity index (χ2v) is 12.7. The Labute approximate surface area is 280 Å². The zero-order chi connectivity index (χ0) is 32.6. The molecule has 3 amide bonds. The van der Waals surface area contributed by atoms with Crippen LogP contribution in [0.15, 0.2) is 143 Å². The third-order valence-electron chi connectivity index (χ3n) is 7.21. The number of hydrogen-bond donors (Lipinski definition) is 3. The van der Waals surface area contributed by atoms with Crippen molar-refractivity contribution in [3.63, 3.8) is 0 Å². The highest BCUT2D eigenvalue weighted by molar-refractivity contribution is 8.00. The minimum absolute atomic E-state index is 0.104. The Hall–Kier alpha value is -5.51. The van der Waals surface area contributed by atoms with Crippen LogP contribution in [0.4, 0.5) is 10.8 Å². The fourth-order valence-electron chi connectivity index (χ4n) is 4.91. The van der Waals surface area contributed by atoms with E-state index >= 15 is 0 Å². The van der Waals surface area contributed by atoms with Crippen molar-refractivity contribution in [2.24, 2.45) is 0 Å². The summed E-state index contributed by atoms with van der Waals surface area (Å²) in [6.45, 7) is 1.88. The molecule has 6 rings (SSSR count). The van der Waals surface area contributed by atoms with E-state index in [1.54, 1.807) is 42.5 Å². The molecular formula is C38H30N4O3S2. The summed E-state index contributed by atoms with van der Waals surface area (Å²) in [5.41, 5.74) is 3.58. The first-order chi connectivity index (χ1) is 22.9. The molecule has 1 heterocycles. The van der Waals surface area contributed by atoms with Crippen molar-refractivity contribution in [1.29, 1.82) is 0 Å². The number of nitrogens with zero attached hydrogens (tertiary/aromatic N) is 1. The van der Waals surface area contributed by atoms with E-state index in [-0.39, 0.29) is 11.6 Å². The van der Waals surface area contributed by atoms with Gasteiger partial charge in [-0.3, -0.25) is 14.4 Å². The average Bonchev–Trinajstić information content (AvgIpc) is 3.52. The summed E-state index contributed by atoms with van der Waals surface area (Å²) < 4.78 is 0. The average molecular weight is 655 g/mol. The van der Waals surface area contributed by atoms with E-state index in [0.29, 0.717) is 16.4 Å². The van der Waals surface area contributed by atoms with Gasteiger partial charge in [-0.2, -0.15) is 0 Å². The summed E-state index contributed by atoms with van der Waals surface area (Å²) in [6.07, 6.45) is 1.69. The van der Waals surface area contributed by atoms with Crippen molar-refractivity contribution in [3.05, 3.63) is 161 Å². The first-order valence-electron chi connectivity index (χ1n) is 14.8. The predicted molar refractivity (Wildman–Crippen MR) is 191 cm³/mol. The first kappa shape index (κ1) is 31.5. The topological polar surface area (TPSA) is 100 Å². The van der Waals surface area contributed by atoms with Gasteiger partial charge in [0.25, 0.3) is 11.8 Å². The molecule has 3 N–H and O–H groups in total. The van der Waals surface area contributed by atoms with Gasteiger partial charge in [-0.25, -0.2) is 4.98 Å². The number of aromatic nitrogens is 1. The van der Waals surface area contributed by atoms with E-state index < -0.39 is 17.1 Å². The number of nitrogens with one attached hydrogen (secondary N) is 3. The minimum Gasteiger partial charge on any atom is -0.321 e. The van der Waals surface area contributed by atoms with Crippen molar-refractivity contribution >= 4 is 68.5 Å². The van der Waals surface area contributed by atoms with Crippen molar-refractivity contribution in [2.75, 3.05) is 10.6 Å². The van der Waals surface area contributed by atoms with Crippen LogP contribution in [0, 0.1) is 6.92 Å². The maximum Gasteiger partial charge on any atom is 0.272 e. The molecule has 7 nitrogen and oxygen atoms in total. The second kappa shape index (κ2) is 14.7. The molecule has 0 saturated heterocycles. The molecule has 0 aliphatic heterocycles. The van der Waals surface area contributed by atoms with Gasteiger partial charge < -0.3 is 16.0 Å². The minimum atomic E-state index is -0.524. The Morgan fingerprint density at radius 3 is 2.17 bits per heavy atom. The number of carbonyl (C=O) groups is 3. The normalized spacial score (nSPS) is 11.9. The molecule has 1 aromatic heterocycles. The molecule has 0 aliphatic rings. The van der Waals surface area contributed by atoms with E-state index in [1.807, 2.05) is 103 Å². The fourth-order valence-corrected chi connectivity index (χ4v) is 6.62. The zero-order valence-electron chi connectivity index (χ0n) is 25.3. The van der Waals surface area contributed by atoms with Crippen LogP contribution < -0.4 is 16.0 Å². The van der Waals surface area contributed by atoms with Gasteiger partial charge in [0, 0.05) is 21.5 Å². The molecule has 232 valence electrons. The monoisotopic (exact) mass is 654 g/mol. The van der Waals surface area contributed by atoms with Crippen LogP contribution >= 0.6 is 23.1 Å². The third-order valence-corrected chi connectivity index (χ3v) is 9.35. The fraction of sp³-hybridized carbons (Fsp3) is 0.0526. The Balaban J connectivity index is 1.22. The summed E-state index contributed by atoms with van der Waals surface area (Å²) in [6, 6.07) is 39.3. The standard InChI is InChI=1S/C38H30N4O3S2/c1-25-24-46-38(39-25)42-37(45)34(27-12-4-2-5-13-27)47-31-21-19-30(20-22-31)40-36(44)33(41-35(43)28-14-6-3-7-15-28)23-29-17-10-16-26-11-8-9-18-32(26)29/h2-24,34H,1H3,(H,40,44)(H,41,43)(H,39,42,45)/b33-23-. The number of amides is 3. The van der Waals surface area contributed by atoms with Crippen molar-refractivity contribution in [1.82, 2.24) is 10.3 Å². The van der Waals surface area contributed by atoms with E-state index in [4.69, 9.17) is 0 Å². The molecule has 0 radical (unpaired) electrons. The van der Waals surface area contributed by atoms with Crippen LogP contribution in [0.1, 0.15) is 32.4 Å². The number of fused-ring (bicyclic) bond motifs is 1. The van der Waals surface area contributed by atoms with Crippen LogP contribution in [0.25, 0.3) is 16.8 Å². The molecule has 47 heavy (non-hydrogen) atoms. The number of rotatable bonds is 10. The van der Waals surface area contributed by atoms with Gasteiger partial charge in [0.05, 0.1) is 5.69 Å². The SMILES string of the molecule is Cc1csc(NC(=O)C(Sc2ccc(NC(=O)/C(=C/c3cccc4ccccc34)NC(=O)c3ccccc3)cc2)c2ccccc2)n1. The second-order valence-electron chi connectivity index (χ2n) is 10.6. The molecular weight excluding hydrogens is 625 g/mol. The maximum absolute atomic E-state index is 13.7. The Kier molecular flexibility index (Phi) is 9.86. The van der Waals surface area contributed by atoms with Gasteiger partial charge in [0.15, 0.2) is 5.13 Å². The van der Waals surface area contributed by atoms with E-state index in [1.165, 1.54) is 23.1 Å². The van der Waals surface area contributed by atoms with E-state index in [0.717, 1.165) is 32.5 Å². The lowest BCUT2D eigenvalue weighted by atomic mass is 10.0. The van der Waals surface area contributed by atoms with Gasteiger partial charge in [-0.1, -0.05) is 91.0 Å². The quantitative estimate of drug-likeness (QED) is 0.102. The largest absolute Gasteiger partial charge is 0.321 e. The molecule has 9 heteroatoms. The van der Waals surface area contributed by atoms with Crippen LogP contribution in [0.5, 0.6) is 0 Å². The highest BCUT2D eigenvalue weighted by Gasteiger charge is 2.23. The predicted octanol–water partition coefficient (Wildman–Crippen LogP) is 8.49. The number of thiazole rings is 1. The van der Waals surface area contributed by atoms with Crippen molar-refractivity contribution < 1.29 is 14.4 Å². The van der Waals surface area contributed by atoms with Crippen LogP contribution in [-0.4, -0.2) is 22.7 Å². The number of benzene rings is 5. The molecule has 6 aromatic rings. The molecule has 0 bridgehead atoms. The number of anilines is 2. The molecule has 5 aromatic carbocycles. The van der Waals surface area contributed by atoms with Crippen molar-refractivity contribution in [3.8, 4) is 0 Å². The molecule has 0 spiro atoms. The molecule has 0 aliphatic carbocycles. The van der Waals surface area contributed by atoms with Gasteiger partial charge in [0.2, 0.25) is 5.91 Å². The van der Waals surface area contributed by atoms with Gasteiger partial charge >= 0.3 is 0 Å². The summed E-state index contributed by atoms with van der Waals surface area (Å²) in [5.74, 6) is -1.04. The zero-order valence-corrected chi connectivity index (χ0v) is 27.0. The Morgan fingerprint density at radius 1 is 0.766 bits per heavy atom. The number of thioether (sulfide) groups is 1. The van der Waals surface area contributed by atoms with Crippen molar-refractivity contribution in [2.45, 2.75) is 17.1 Å². The Morgan fingerprint density at radius 2 is 1.45 bits per heavy atom. The summed E-state index contributed by atoms with van der Waals surface area (Å²) in [4.78, 5) is 45.4. The van der Waals surface area contributed by atoms with Crippen LogP contribution in [0.3, 0.4) is 0 Å². The number of carbonyl (C=O) groups excluding carboxylic acids is 3. The summed E-state index contributed by atoms with van der Waals surface area (Å²) in [5, 5.41) is 12.6. The summed E-state index contributed by atoms with van der Waals surface area (Å²) in [7, 11) is 0. The highest BCUT2D eigenvalue weighted by Crippen LogP contribution is 2.37. The smallest absolute Gasteiger partial charge is 0.272 e. The van der Waals surface area contributed by atoms with E-state index in [9.17, 15) is 14.4 Å². The van der Waals surface area contributed by atoms with E-state index in [2.05, 4.69) is 20.9 Å². The molecule has 0 fully saturated rings. The van der Waals surface area contributed by atoms with Crippen LogP contribution in [0.2, 0.25) is 0 Å². The first-order valence-corrected chi connectivity index (χ1v) is 16.6. The highest BCUT2D eigenvalue weighted by atomic mass is 32.2. The lowest BCUT2D eigenvalue weighted by Crippen LogP contribution is -2.30. The number of aryl methyl sites for hydroxylation is 1. The van der Waals surface area contributed by atoms with Gasteiger partial charge in [-0.05, 0) is 71.3 Å².